The van der Waals surface area contributed by atoms with Crippen molar-refractivity contribution in [1.29, 1.82) is 0 Å². The van der Waals surface area contributed by atoms with Crippen molar-refractivity contribution in [2.75, 3.05) is 13.1 Å². The van der Waals surface area contributed by atoms with E-state index in [4.69, 9.17) is 0 Å². The predicted molar refractivity (Wildman–Crippen MR) is 84.9 cm³/mol. The Morgan fingerprint density at radius 2 is 1.86 bits per heavy atom. The van der Waals surface area contributed by atoms with E-state index in [1.165, 1.54) is 11.1 Å². The first-order valence-electron chi connectivity index (χ1n) is 8.24. The number of carbonyl (C=O) groups excluding carboxylic acids is 1. The zero-order chi connectivity index (χ0) is 14.8. The van der Waals surface area contributed by atoms with Crippen molar-refractivity contribution < 1.29 is 4.79 Å². The summed E-state index contributed by atoms with van der Waals surface area (Å²) in [6, 6.07) is 8.41. The normalized spacial score (nSPS) is 23.2. The number of hydrogen-bond donors (Lipinski definition) is 1. The van der Waals surface area contributed by atoms with Crippen LogP contribution in [0.1, 0.15) is 37.8 Å². The van der Waals surface area contributed by atoms with Gasteiger partial charge in [-0.25, -0.2) is 0 Å². The highest BCUT2D eigenvalue weighted by Gasteiger charge is 2.30. The molecule has 3 rings (SSSR count). The van der Waals surface area contributed by atoms with E-state index in [1.807, 2.05) is 0 Å². The predicted octanol–water partition coefficient (Wildman–Crippen LogP) is 2.60. The highest BCUT2D eigenvalue weighted by atomic mass is 16.2. The fraction of sp³-hybridized carbons (Fsp3) is 0.611. The minimum absolute atomic E-state index is 0.0319. The lowest BCUT2D eigenvalue weighted by Crippen LogP contribution is -2.51. The number of nitrogens with zero attached hydrogens (tertiary/aromatic N) is 1. The first kappa shape index (κ1) is 14.6. The number of piperidine rings is 1. The monoisotopic (exact) mass is 286 g/mol. The molecule has 1 aromatic rings. The molecule has 0 bridgehead atoms. The van der Waals surface area contributed by atoms with Crippen LogP contribution in [-0.2, 0) is 17.8 Å². The molecule has 114 valence electrons. The molecule has 1 aromatic carbocycles. The molecule has 1 saturated heterocycles. The Labute approximate surface area is 127 Å². The standard InChI is InChI=1S/C18H26N2O/c1-13(2)14-7-9-20(10-8-14)18(21)17-11-15-5-3-4-6-16(15)12-19-17/h3-6,13-14,17,19H,7-12H2,1-2H3. The Bertz CT molecular complexity index is 504. The van der Waals surface area contributed by atoms with Crippen LogP contribution in [0.2, 0.25) is 0 Å². The Balaban J connectivity index is 1.60. The summed E-state index contributed by atoms with van der Waals surface area (Å²) in [5.41, 5.74) is 2.66. The van der Waals surface area contributed by atoms with Crippen LogP contribution >= 0.6 is 0 Å². The Morgan fingerprint density at radius 3 is 2.52 bits per heavy atom. The van der Waals surface area contributed by atoms with Gasteiger partial charge < -0.3 is 10.2 Å². The van der Waals surface area contributed by atoms with Crippen LogP contribution in [0.4, 0.5) is 0 Å². The van der Waals surface area contributed by atoms with Gasteiger partial charge in [0.15, 0.2) is 0 Å². The Kier molecular flexibility index (Phi) is 4.29. The topological polar surface area (TPSA) is 32.3 Å². The molecule has 0 saturated carbocycles. The number of fused-ring (bicyclic) bond motifs is 1. The van der Waals surface area contributed by atoms with Crippen molar-refractivity contribution in [3.8, 4) is 0 Å². The Morgan fingerprint density at radius 1 is 1.19 bits per heavy atom. The molecule has 0 spiro atoms. The third kappa shape index (κ3) is 3.13. The highest BCUT2D eigenvalue weighted by molar-refractivity contribution is 5.82. The second kappa shape index (κ2) is 6.18. The SMILES string of the molecule is CC(C)C1CCN(C(=O)C2Cc3ccccc3CN2)CC1. The van der Waals surface area contributed by atoms with Crippen molar-refractivity contribution in [3.05, 3.63) is 35.4 Å². The molecular weight excluding hydrogens is 260 g/mol. The summed E-state index contributed by atoms with van der Waals surface area (Å²) in [7, 11) is 0. The first-order chi connectivity index (χ1) is 10.1. The number of hydrogen-bond acceptors (Lipinski definition) is 2. The molecule has 1 fully saturated rings. The number of amides is 1. The number of benzene rings is 1. The van der Waals surface area contributed by atoms with E-state index >= 15 is 0 Å². The van der Waals surface area contributed by atoms with Crippen molar-refractivity contribution in [2.24, 2.45) is 11.8 Å². The average Bonchev–Trinajstić information content (AvgIpc) is 2.54. The smallest absolute Gasteiger partial charge is 0.240 e. The van der Waals surface area contributed by atoms with E-state index in [2.05, 4.69) is 48.3 Å². The van der Waals surface area contributed by atoms with Gasteiger partial charge in [-0.15, -0.1) is 0 Å². The molecule has 21 heavy (non-hydrogen) atoms. The van der Waals surface area contributed by atoms with E-state index in [0.717, 1.165) is 50.7 Å². The molecule has 0 radical (unpaired) electrons. The quantitative estimate of drug-likeness (QED) is 0.906. The zero-order valence-electron chi connectivity index (χ0n) is 13.1. The number of carbonyl (C=O) groups is 1. The minimum Gasteiger partial charge on any atom is -0.341 e. The van der Waals surface area contributed by atoms with Gasteiger partial charge in [0.2, 0.25) is 5.91 Å². The summed E-state index contributed by atoms with van der Waals surface area (Å²) >= 11 is 0. The van der Waals surface area contributed by atoms with E-state index in [1.54, 1.807) is 0 Å². The summed E-state index contributed by atoms with van der Waals surface area (Å²) in [5, 5.41) is 3.42. The molecule has 2 aliphatic rings. The molecule has 3 heteroatoms. The van der Waals surface area contributed by atoms with E-state index in [-0.39, 0.29) is 6.04 Å². The molecule has 2 heterocycles. The molecule has 2 aliphatic heterocycles. The molecule has 1 unspecified atom stereocenters. The fourth-order valence-electron chi connectivity index (χ4n) is 3.64. The molecular formula is C18H26N2O. The van der Waals surface area contributed by atoms with Crippen LogP contribution in [0.3, 0.4) is 0 Å². The lowest BCUT2D eigenvalue weighted by Gasteiger charge is -2.37. The van der Waals surface area contributed by atoms with Crippen LogP contribution in [0.25, 0.3) is 0 Å². The van der Waals surface area contributed by atoms with E-state index < -0.39 is 0 Å². The van der Waals surface area contributed by atoms with E-state index in [0.29, 0.717) is 5.91 Å². The van der Waals surface area contributed by atoms with Gasteiger partial charge in [-0.05, 0) is 42.2 Å². The first-order valence-corrected chi connectivity index (χ1v) is 8.24. The molecule has 1 amide bonds. The van der Waals surface area contributed by atoms with E-state index in [9.17, 15) is 4.79 Å². The van der Waals surface area contributed by atoms with Crippen LogP contribution < -0.4 is 5.32 Å². The number of likely N-dealkylation sites (tertiary alicyclic amines) is 1. The zero-order valence-corrected chi connectivity index (χ0v) is 13.1. The molecule has 0 aliphatic carbocycles. The molecule has 1 atom stereocenters. The largest absolute Gasteiger partial charge is 0.341 e. The maximum absolute atomic E-state index is 12.7. The van der Waals surface area contributed by atoms with Gasteiger partial charge in [0.1, 0.15) is 0 Å². The van der Waals surface area contributed by atoms with Crippen LogP contribution in [-0.4, -0.2) is 29.9 Å². The summed E-state index contributed by atoms with van der Waals surface area (Å²) in [6.07, 6.45) is 3.15. The van der Waals surface area contributed by atoms with Crippen molar-refractivity contribution >= 4 is 5.91 Å². The van der Waals surface area contributed by atoms with Gasteiger partial charge in [0, 0.05) is 19.6 Å². The van der Waals surface area contributed by atoms with Crippen molar-refractivity contribution in [3.63, 3.8) is 0 Å². The van der Waals surface area contributed by atoms with Gasteiger partial charge in [-0.2, -0.15) is 0 Å². The summed E-state index contributed by atoms with van der Waals surface area (Å²) < 4.78 is 0. The van der Waals surface area contributed by atoms with Gasteiger partial charge in [0.25, 0.3) is 0 Å². The van der Waals surface area contributed by atoms with Crippen LogP contribution in [0, 0.1) is 11.8 Å². The third-order valence-electron chi connectivity index (χ3n) is 5.17. The van der Waals surface area contributed by atoms with Crippen molar-refractivity contribution in [1.82, 2.24) is 10.2 Å². The summed E-state index contributed by atoms with van der Waals surface area (Å²) in [6.45, 7) is 7.27. The molecule has 3 nitrogen and oxygen atoms in total. The summed E-state index contributed by atoms with van der Waals surface area (Å²) in [5.74, 6) is 1.82. The summed E-state index contributed by atoms with van der Waals surface area (Å²) in [4.78, 5) is 14.8. The van der Waals surface area contributed by atoms with Gasteiger partial charge >= 0.3 is 0 Å². The van der Waals surface area contributed by atoms with Crippen LogP contribution in [0.15, 0.2) is 24.3 Å². The number of rotatable bonds is 2. The second-order valence-electron chi connectivity index (χ2n) is 6.81. The number of nitrogens with one attached hydrogen (secondary N) is 1. The molecule has 0 aromatic heterocycles. The highest BCUT2D eigenvalue weighted by Crippen LogP contribution is 2.25. The second-order valence-corrected chi connectivity index (χ2v) is 6.81. The van der Waals surface area contributed by atoms with Crippen LogP contribution in [0.5, 0.6) is 0 Å². The fourth-order valence-corrected chi connectivity index (χ4v) is 3.64. The minimum atomic E-state index is -0.0319. The lowest BCUT2D eigenvalue weighted by atomic mass is 9.86. The maximum Gasteiger partial charge on any atom is 0.240 e. The van der Waals surface area contributed by atoms with Crippen molar-refractivity contribution in [2.45, 2.75) is 45.7 Å². The van der Waals surface area contributed by atoms with Gasteiger partial charge in [0.05, 0.1) is 6.04 Å². The van der Waals surface area contributed by atoms with Gasteiger partial charge in [-0.1, -0.05) is 38.1 Å². The molecule has 1 N–H and O–H groups in total. The van der Waals surface area contributed by atoms with Gasteiger partial charge in [-0.3, -0.25) is 4.79 Å². The maximum atomic E-state index is 12.7. The Hall–Kier alpha value is -1.35. The average molecular weight is 286 g/mol. The third-order valence-corrected chi connectivity index (χ3v) is 5.17. The lowest BCUT2D eigenvalue weighted by molar-refractivity contribution is -0.135.